The number of amides is 1. The molecule has 1 heterocycles. The number of rotatable bonds is 6. The molecule has 1 saturated heterocycles. The summed E-state index contributed by atoms with van der Waals surface area (Å²) in [6, 6.07) is 1.89. The van der Waals surface area contributed by atoms with Crippen molar-refractivity contribution in [1.82, 2.24) is 10.2 Å². The molecule has 114 valence electrons. The molecule has 6 nitrogen and oxygen atoms in total. The number of esters is 1. The van der Waals surface area contributed by atoms with Crippen LogP contribution in [0.15, 0.2) is 24.4 Å². The van der Waals surface area contributed by atoms with Crippen molar-refractivity contribution in [2.75, 3.05) is 26.2 Å². The average Bonchev–Trinajstić information content (AvgIpc) is 2.51. The van der Waals surface area contributed by atoms with Crippen LogP contribution in [0, 0.1) is 17.2 Å². The zero-order valence-electron chi connectivity index (χ0n) is 12.3. The van der Waals surface area contributed by atoms with Gasteiger partial charge in [-0.25, -0.2) is 0 Å². The zero-order valence-corrected chi connectivity index (χ0v) is 12.3. The van der Waals surface area contributed by atoms with Crippen molar-refractivity contribution >= 4 is 11.9 Å². The fourth-order valence-electron chi connectivity index (χ4n) is 2.13. The normalized spacial score (nSPS) is 16.0. The number of nitriles is 1. The maximum absolute atomic E-state index is 12.2. The van der Waals surface area contributed by atoms with Crippen LogP contribution in [-0.4, -0.2) is 43.0 Å². The van der Waals surface area contributed by atoms with Gasteiger partial charge in [-0.2, -0.15) is 5.26 Å². The molecule has 0 bridgehead atoms. The predicted octanol–water partition coefficient (Wildman–Crippen LogP) is 0.971. The quantitative estimate of drug-likeness (QED) is 0.259. The van der Waals surface area contributed by atoms with Crippen molar-refractivity contribution in [3.63, 3.8) is 0 Å². The lowest BCUT2D eigenvalue weighted by atomic mass is 9.96. The van der Waals surface area contributed by atoms with Crippen LogP contribution in [-0.2, 0) is 14.3 Å². The second-order valence-corrected chi connectivity index (χ2v) is 4.69. The average molecular weight is 291 g/mol. The third kappa shape index (κ3) is 4.95. The Labute approximate surface area is 125 Å². The number of carbonyl (C=O) groups excluding carboxylic acids is 2. The van der Waals surface area contributed by atoms with Crippen LogP contribution < -0.4 is 5.32 Å². The minimum absolute atomic E-state index is 0.0615. The zero-order chi connectivity index (χ0) is 15.7. The van der Waals surface area contributed by atoms with Gasteiger partial charge in [0.25, 0.3) is 5.91 Å². The Bertz CT molecular complexity index is 457. The second kappa shape index (κ2) is 8.80. The van der Waals surface area contributed by atoms with Crippen molar-refractivity contribution < 1.29 is 14.3 Å². The van der Waals surface area contributed by atoms with Crippen molar-refractivity contribution in [1.29, 1.82) is 5.26 Å². The monoisotopic (exact) mass is 291 g/mol. The molecule has 6 heteroatoms. The van der Waals surface area contributed by atoms with Crippen LogP contribution in [0.5, 0.6) is 0 Å². The summed E-state index contributed by atoms with van der Waals surface area (Å²) < 4.78 is 4.99. The van der Waals surface area contributed by atoms with Gasteiger partial charge < -0.3 is 15.0 Å². The summed E-state index contributed by atoms with van der Waals surface area (Å²) in [6.45, 7) is 7.10. The Morgan fingerprint density at radius 2 is 2.14 bits per heavy atom. The van der Waals surface area contributed by atoms with E-state index in [9.17, 15) is 9.59 Å². The van der Waals surface area contributed by atoms with Crippen LogP contribution in [0.2, 0.25) is 0 Å². The molecule has 0 aromatic rings. The van der Waals surface area contributed by atoms with E-state index in [4.69, 9.17) is 10.00 Å². The first-order valence-corrected chi connectivity index (χ1v) is 7.04. The fourth-order valence-corrected chi connectivity index (χ4v) is 2.13. The van der Waals surface area contributed by atoms with E-state index in [2.05, 4.69) is 11.9 Å². The molecule has 1 N–H and O–H groups in total. The molecule has 0 aromatic carbocycles. The van der Waals surface area contributed by atoms with Crippen LogP contribution in [0.1, 0.15) is 19.8 Å². The molecule has 1 fully saturated rings. The van der Waals surface area contributed by atoms with E-state index in [1.807, 2.05) is 6.07 Å². The Kier molecular flexibility index (Phi) is 7.02. The summed E-state index contributed by atoms with van der Waals surface area (Å²) in [7, 11) is 0. The summed E-state index contributed by atoms with van der Waals surface area (Å²) in [4.78, 5) is 25.4. The highest BCUT2D eigenvalue weighted by Crippen LogP contribution is 2.19. The van der Waals surface area contributed by atoms with Gasteiger partial charge in [0.2, 0.25) is 0 Å². The second-order valence-electron chi connectivity index (χ2n) is 4.69. The van der Waals surface area contributed by atoms with Gasteiger partial charge in [0, 0.05) is 25.8 Å². The van der Waals surface area contributed by atoms with Crippen molar-refractivity contribution in [3.05, 3.63) is 24.4 Å². The van der Waals surface area contributed by atoms with E-state index in [-0.39, 0.29) is 23.4 Å². The summed E-state index contributed by atoms with van der Waals surface area (Å²) in [5.41, 5.74) is 0.0615. The largest absolute Gasteiger partial charge is 0.466 e. The molecule has 1 aliphatic rings. The summed E-state index contributed by atoms with van der Waals surface area (Å²) in [5, 5.41) is 11.9. The Morgan fingerprint density at radius 3 is 2.67 bits per heavy atom. The number of likely N-dealkylation sites (tertiary alicyclic amines) is 1. The fraction of sp³-hybridized carbons (Fsp3) is 0.533. The molecule has 0 radical (unpaired) electrons. The van der Waals surface area contributed by atoms with Gasteiger partial charge >= 0.3 is 5.97 Å². The van der Waals surface area contributed by atoms with Crippen molar-refractivity contribution in [2.45, 2.75) is 19.8 Å². The molecule has 1 aliphatic heterocycles. The molecule has 0 spiro atoms. The molecular weight excluding hydrogens is 270 g/mol. The number of nitrogens with zero attached hydrogens (tertiary/aromatic N) is 2. The van der Waals surface area contributed by atoms with E-state index >= 15 is 0 Å². The van der Waals surface area contributed by atoms with Gasteiger partial charge in [-0.05, 0) is 19.8 Å². The molecule has 1 rings (SSSR count). The first kappa shape index (κ1) is 16.8. The van der Waals surface area contributed by atoms with Gasteiger partial charge in [0.15, 0.2) is 0 Å². The summed E-state index contributed by atoms with van der Waals surface area (Å²) in [6.07, 6.45) is 4.19. The van der Waals surface area contributed by atoms with E-state index in [1.54, 1.807) is 17.9 Å². The van der Waals surface area contributed by atoms with Gasteiger partial charge in [0.1, 0.15) is 11.6 Å². The Balaban J connectivity index is 2.54. The van der Waals surface area contributed by atoms with Crippen LogP contribution >= 0.6 is 0 Å². The number of hydrogen-bond donors (Lipinski definition) is 1. The number of ether oxygens (including phenoxy) is 1. The third-order valence-corrected chi connectivity index (χ3v) is 3.26. The third-order valence-electron chi connectivity index (χ3n) is 3.26. The van der Waals surface area contributed by atoms with Gasteiger partial charge in [-0.15, -0.1) is 6.58 Å². The molecular formula is C15H21N3O3. The molecule has 21 heavy (non-hydrogen) atoms. The maximum atomic E-state index is 12.2. The highest BCUT2D eigenvalue weighted by molar-refractivity contribution is 5.97. The smallest absolute Gasteiger partial charge is 0.309 e. The van der Waals surface area contributed by atoms with Gasteiger partial charge in [0.05, 0.1) is 12.5 Å². The van der Waals surface area contributed by atoms with E-state index in [0.717, 1.165) is 0 Å². The topological polar surface area (TPSA) is 82.4 Å². The van der Waals surface area contributed by atoms with E-state index in [1.165, 1.54) is 6.20 Å². The number of hydrogen-bond acceptors (Lipinski definition) is 5. The maximum Gasteiger partial charge on any atom is 0.309 e. The standard InChI is InChI=1S/C15H21N3O3/c1-3-7-17-11-13(10-16)14(19)18-8-5-12(6-9-18)15(20)21-4-2/h3,11-12,17H,1,4-9H2,2H3/b13-11-. The highest BCUT2D eigenvalue weighted by atomic mass is 16.5. The van der Waals surface area contributed by atoms with Crippen LogP contribution in [0.4, 0.5) is 0 Å². The lowest BCUT2D eigenvalue weighted by Gasteiger charge is -2.30. The lowest BCUT2D eigenvalue weighted by molar-refractivity contribution is -0.150. The molecule has 0 saturated carbocycles. The van der Waals surface area contributed by atoms with Crippen LogP contribution in [0.3, 0.4) is 0 Å². The minimum atomic E-state index is -0.309. The van der Waals surface area contributed by atoms with E-state index in [0.29, 0.717) is 39.1 Å². The first-order chi connectivity index (χ1) is 10.1. The SMILES string of the molecule is C=CCN/C=C(/C#N)C(=O)N1CCC(C(=O)OCC)CC1. The van der Waals surface area contributed by atoms with Crippen molar-refractivity contribution in [3.8, 4) is 6.07 Å². The predicted molar refractivity (Wildman–Crippen MR) is 77.8 cm³/mol. The molecule has 0 aromatic heterocycles. The first-order valence-electron chi connectivity index (χ1n) is 7.04. The number of nitrogens with one attached hydrogen (secondary N) is 1. The highest BCUT2D eigenvalue weighted by Gasteiger charge is 2.29. The minimum Gasteiger partial charge on any atom is -0.466 e. The summed E-state index contributed by atoms with van der Waals surface area (Å²) in [5.74, 6) is -0.660. The molecule has 0 aliphatic carbocycles. The van der Waals surface area contributed by atoms with Gasteiger partial charge in [-0.3, -0.25) is 9.59 Å². The molecule has 0 unspecified atom stereocenters. The molecule has 0 atom stereocenters. The molecule has 1 amide bonds. The Hall–Kier alpha value is -2.29. The van der Waals surface area contributed by atoms with Crippen LogP contribution in [0.25, 0.3) is 0 Å². The van der Waals surface area contributed by atoms with Gasteiger partial charge in [-0.1, -0.05) is 6.08 Å². The van der Waals surface area contributed by atoms with Crippen molar-refractivity contribution in [2.24, 2.45) is 5.92 Å². The van der Waals surface area contributed by atoms with E-state index < -0.39 is 0 Å². The lowest BCUT2D eigenvalue weighted by Crippen LogP contribution is -2.41. The summed E-state index contributed by atoms with van der Waals surface area (Å²) >= 11 is 0. The number of carbonyl (C=O) groups is 2. The Morgan fingerprint density at radius 1 is 1.48 bits per heavy atom. The number of piperidine rings is 1.